The summed E-state index contributed by atoms with van der Waals surface area (Å²) in [6.45, 7) is 0.474. The van der Waals surface area contributed by atoms with E-state index in [9.17, 15) is 0 Å². The van der Waals surface area contributed by atoms with Gasteiger partial charge in [0.05, 0.1) is 11.4 Å². The van der Waals surface area contributed by atoms with E-state index in [1.807, 2.05) is 22.9 Å². The molecule has 76 valence electrons. The predicted molar refractivity (Wildman–Crippen MR) is 53.3 cm³/mol. The molecule has 0 spiro atoms. The minimum Gasteiger partial charge on any atom is -0.459 e. The van der Waals surface area contributed by atoms with Gasteiger partial charge in [0.25, 0.3) is 0 Å². The van der Waals surface area contributed by atoms with Crippen molar-refractivity contribution in [1.82, 2.24) is 9.55 Å². The Morgan fingerprint density at radius 2 is 2.40 bits per heavy atom. The fraction of sp³-hybridized carbons (Fsp3) is 0.100. The van der Waals surface area contributed by atoms with Gasteiger partial charge in [-0.05, 0) is 18.2 Å². The Morgan fingerprint density at radius 3 is 3.27 bits per heavy atom. The molecule has 1 aliphatic rings. The number of imidazole rings is 1. The van der Waals surface area contributed by atoms with Crippen LogP contribution in [0.3, 0.4) is 0 Å². The maximum absolute atomic E-state index is 8.78. The second kappa shape index (κ2) is 2.99. The van der Waals surface area contributed by atoms with Gasteiger partial charge in [0.1, 0.15) is 6.61 Å². The van der Waals surface area contributed by atoms with Crippen LogP contribution < -0.4 is 10.2 Å². The van der Waals surface area contributed by atoms with Crippen molar-refractivity contribution in [3.63, 3.8) is 0 Å². The summed E-state index contributed by atoms with van der Waals surface area (Å²) in [4.78, 5) is 4.07. The Balaban J connectivity index is 2.18. The van der Waals surface area contributed by atoms with Crippen LogP contribution in [-0.4, -0.2) is 14.8 Å². The maximum Gasteiger partial charge on any atom is 0.301 e. The monoisotopic (exact) mass is 203 g/mol. The molecule has 2 N–H and O–H groups in total. The van der Waals surface area contributed by atoms with Gasteiger partial charge in [-0.15, -0.1) is 0 Å². The summed E-state index contributed by atoms with van der Waals surface area (Å²) in [5, 5.41) is 8.78. The number of nitrogens with zero attached hydrogens (tertiary/aromatic N) is 2. The Kier molecular flexibility index (Phi) is 1.66. The first-order valence-electron chi connectivity index (χ1n) is 4.58. The minimum absolute atomic E-state index is 0.474. The van der Waals surface area contributed by atoms with Gasteiger partial charge in [0, 0.05) is 18.0 Å². The third-order valence-electron chi connectivity index (χ3n) is 2.43. The highest BCUT2D eigenvalue weighted by Crippen LogP contribution is 2.28. The van der Waals surface area contributed by atoms with Crippen molar-refractivity contribution < 1.29 is 9.94 Å². The summed E-state index contributed by atoms with van der Waals surface area (Å²) >= 11 is 0. The second-order valence-corrected chi connectivity index (χ2v) is 3.32. The van der Waals surface area contributed by atoms with E-state index in [0.29, 0.717) is 18.3 Å². The lowest BCUT2D eigenvalue weighted by atomic mass is 10.1. The molecular formula is C10H9N3O2. The fourth-order valence-corrected chi connectivity index (χ4v) is 1.73. The number of nitrogens with one attached hydrogen (secondary N) is 1. The van der Waals surface area contributed by atoms with Gasteiger partial charge >= 0.3 is 6.01 Å². The third kappa shape index (κ3) is 1.17. The van der Waals surface area contributed by atoms with Crippen LogP contribution >= 0.6 is 0 Å². The summed E-state index contributed by atoms with van der Waals surface area (Å²) < 4.78 is 7.31. The summed E-state index contributed by atoms with van der Waals surface area (Å²) in [7, 11) is 0. The highest BCUT2D eigenvalue weighted by Gasteiger charge is 2.16. The van der Waals surface area contributed by atoms with E-state index in [1.54, 1.807) is 12.3 Å². The van der Waals surface area contributed by atoms with E-state index in [4.69, 9.17) is 9.94 Å². The van der Waals surface area contributed by atoms with Gasteiger partial charge in [-0.2, -0.15) is 0 Å². The first-order valence-corrected chi connectivity index (χ1v) is 4.58. The molecule has 3 rings (SSSR count). The summed E-state index contributed by atoms with van der Waals surface area (Å²) in [5.41, 5.74) is 4.82. The SMILES string of the molecule is ONc1ccc2c(c1)COc1nccn1-2. The molecule has 0 radical (unpaired) electrons. The number of ether oxygens (including phenoxy) is 1. The topological polar surface area (TPSA) is 59.3 Å². The smallest absolute Gasteiger partial charge is 0.301 e. The van der Waals surface area contributed by atoms with Crippen LogP contribution in [0.2, 0.25) is 0 Å². The molecule has 0 aliphatic carbocycles. The molecule has 15 heavy (non-hydrogen) atoms. The van der Waals surface area contributed by atoms with Gasteiger partial charge in [-0.25, -0.2) is 4.98 Å². The number of fused-ring (bicyclic) bond motifs is 3. The van der Waals surface area contributed by atoms with E-state index < -0.39 is 0 Å². The average molecular weight is 203 g/mol. The third-order valence-corrected chi connectivity index (χ3v) is 2.43. The summed E-state index contributed by atoms with van der Waals surface area (Å²) in [6.07, 6.45) is 3.54. The normalized spacial score (nSPS) is 12.6. The van der Waals surface area contributed by atoms with Crippen LogP contribution in [0.4, 0.5) is 5.69 Å². The van der Waals surface area contributed by atoms with Gasteiger partial charge < -0.3 is 4.74 Å². The van der Waals surface area contributed by atoms with Crippen LogP contribution in [-0.2, 0) is 6.61 Å². The van der Waals surface area contributed by atoms with Crippen LogP contribution in [0.5, 0.6) is 6.01 Å². The molecule has 0 saturated heterocycles. The number of hydrogen-bond donors (Lipinski definition) is 2. The molecule has 1 aromatic heterocycles. The van der Waals surface area contributed by atoms with Crippen LogP contribution in [0.1, 0.15) is 5.56 Å². The zero-order valence-corrected chi connectivity index (χ0v) is 7.84. The zero-order valence-electron chi connectivity index (χ0n) is 7.84. The number of hydrogen-bond acceptors (Lipinski definition) is 4. The van der Waals surface area contributed by atoms with Gasteiger partial charge in [0.15, 0.2) is 0 Å². The number of anilines is 1. The highest BCUT2D eigenvalue weighted by atomic mass is 16.5. The quantitative estimate of drug-likeness (QED) is 0.690. The molecule has 0 amide bonds. The van der Waals surface area contributed by atoms with Gasteiger partial charge in [0.2, 0.25) is 0 Å². The van der Waals surface area contributed by atoms with Crippen molar-refractivity contribution in [2.75, 3.05) is 5.48 Å². The van der Waals surface area contributed by atoms with E-state index in [0.717, 1.165) is 11.3 Å². The Morgan fingerprint density at radius 1 is 1.47 bits per heavy atom. The summed E-state index contributed by atoms with van der Waals surface area (Å²) in [5.74, 6) is 0. The average Bonchev–Trinajstić information content (AvgIpc) is 2.76. The zero-order chi connectivity index (χ0) is 10.3. The number of rotatable bonds is 1. The second-order valence-electron chi connectivity index (χ2n) is 3.32. The molecule has 2 heterocycles. The molecule has 5 heteroatoms. The first-order chi connectivity index (χ1) is 7.38. The van der Waals surface area contributed by atoms with E-state index in [1.165, 1.54) is 0 Å². The predicted octanol–water partition coefficient (Wildman–Crippen LogP) is 1.57. The van der Waals surface area contributed by atoms with Crippen molar-refractivity contribution >= 4 is 5.69 Å². The number of benzene rings is 1. The highest BCUT2D eigenvalue weighted by molar-refractivity contribution is 5.54. The molecule has 0 atom stereocenters. The molecule has 0 unspecified atom stereocenters. The van der Waals surface area contributed by atoms with Crippen LogP contribution in [0, 0.1) is 0 Å². The van der Waals surface area contributed by atoms with Gasteiger partial charge in [-0.1, -0.05) is 0 Å². The van der Waals surface area contributed by atoms with Crippen molar-refractivity contribution in [3.8, 4) is 11.7 Å². The van der Waals surface area contributed by atoms with Crippen LogP contribution in [0.15, 0.2) is 30.6 Å². The molecule has 2 aromatic rings. The molecular weight excluding hydrogens is 194 g/mol. The van der Waals surface area contributed by atoms with Crippen molar-refractivity contribution in [2.45, 2.75) is 6.61 Å². The van der Waals surface area contributed by atoms with E-state index in [2.05, 4.69) is 10.5 Å². The van der Waals surface area contributed by atoms with E-state index >= 15 is 0 Å². The van der Waals surface area contributed by atoms with Crippen LogP contribution in [0.25, 0.3) is 5.69 Å². The molecule has 0 saturated carbocycles. The lowest BCUT2D eigenvalue weighted by Crippen LogP contribution is -2.12. The largest absolute Gasteiger partial charge is 0.459 e. The standard InChI is InChI=1S/C10H9N3O2/c14-12-8-1-2-9-7(5-8)6-15-10-11-3-4-13(9)10/h1-5,12,14H,6H2. The first kappa shape index (κ1) is 8.31. The number of aromatic nitrogens is 2. The molecule has 0 fully saturated rings. The maximum atomic E-state index is 8.78. The van der Waals surface area contributed by atoms with Crippen molar-refractivity contribution in [2.24, 2.45) is 0 Å². The minimum atomic E-state index is 0.474. The molecule has 0 bridgehead atoms. The lowest BCUT2D eigenvalue weighted by molar-refractivity contribution is 0.264. The van der Waals surface area contributed by atoms with Crippen molar-refractivity contribution in [1.29, 1.82) is 0 Å². The summed E-state index contributed by atoms with van der Waals surface area (Å²) in [6, 6.07) is 6.17. The lowest BCUT2D eigenvalue weighted by Gasteiger charge is -2.19. The van der Waals surface area contributed by atoms with Crippen molar-refractivity contribution in [3.05, 3.63) is 36.2 Å². The Hall–Kier alpha value is -2.01. The molecule has 1 aliphatic heterocycles. The van der Waals surface area contributed by atoms with E-state index in [-0.39, 0.29) is 0 Å². The Labute approximate surface area is 85.9 Å². The van der Waals surface area contributed by atoms with Gasteiger partial charge in [-0.3, -0.25) is 15.3 Å². The Bertz CT molecular complexity index is 507. The fourth-order valence-electron chi connectivity index (χ4n) is 1.73. The molecule has 5 nitrogen and oxygen atoms in total. The molecule has 1 aromatic carbocycles.